The molecular weight excluding hydrogens is 260 g/mol. The maximum absolute atomic E-state index is 12.2. The molecule has 0 saturated carbocycles. The highest BCUT2D eigenvalue weighted by Gasteiger charge is 2.16. The zero-order valence-electron chi connectivity index (χ0n) is 10.5. The summed E-state index contributed by atoms with van der Waals surface area (Å²) >= 11 is 0. The normalized spacial score (nSPS) is 11.6. The standard InChI is InChI=1S/C14H16N2O2S/c1-2-3-9-16-19(17,18)14-6-4-5-11-10-12(15)7-8-13(11)14/h2,4-8,10,16H,1,3,9,15H2. The summed E-state index contributed by atoms with van der Waals surface area (Å²) in [6.45, 7) is 3.91. The third-order valence-corrected chi connectivity index (χ3v) is 4.31. The molecule has 2 aromatic carbocycles. The van der Waals surface area contributed by atoms with Crippen molar-refractivity contribution in [2.24, 2.45) is 0 Å². The van der Waals surface area contributed by atoms with Crippen molar-refractivity contribution in [2.45, 2.75) is 11.3 Å². The number of hydrogen-bond donors (Lipinski definition) is 2. The lowest BCUT2D eigenvalue weighted by Gasteiger charge is -2.09. The Balaban J connectivity index is 2.47. The van der Waals surface area contributed by atoms with E-state index in [1.807, 2.05) is 6.07 Å². The van der Waals surface area contributed by atoms with Gasteiger partial charge in [-0.3, -0.25) is 0 Å². The Bertz CT molecular complexity index is 708. The summed E-state index contributed by atoms with van der Waals surface area (Å²) in [5, 5.41) is 1.48. The van der Waals surface area contributed by atoms with Crippen LogP contribution in [-0.4, -0.2) is 15.0 Å². The van der Waals surface area contributed by atoms with Crippen LogP contribution in [0.15, 0.2) is 53.9 Å². The van der Waals surface area contributed by atoms with E-state index in [9.17, 15) is 8.42 Å². The summed E-state index contributed by atoms with van der Waals surface area (Å²) in [5.41, 5.74) is 6.32. The molecule has 0 radical (unpaired) electrons. The molecule has 0 spiro atoms. The zero-order valence-corrected chi connectivity index (χ0v) is 11.3. The fourth-order valence-electron chi connectivity index (χ4n) is 1.88. The minimum absolute atomic E-state index is 0.272. The smallest absolute Gasteiger partial charge is 0.241 e. The number of hydrogen-bond acceptors (Lipinski definition) is 3. The van der Waals surface area contributed by atoms with Gasteiger partial charge in [0.15, 0.2) is 0 Å². The molecule has 2 rings (SSSR count). The topological polar surface area (TPSA) is 72.2 Å². The highest BCUT2D eigenvalue weighted by molar-refractivity contribution is 7.89. The third-order valence-electron chi connectivity index (χ3n) is 2.79. The Kier molecular flexibility index (Phi) is 3.87. The minimum Gasteiger partial charge on any atom is -0.399 e. The van der Waals surface area contributed by atoms with E-state index in [2.05, 4.69) is 11.3 Å². The van der Waals surface area contributed by atoms with Crippen LogP contribution >= 0.6 is 0 Å². The molecule has 100 valence electrons. The van der Waals surface area contributed by atoms with Crippen LogP contribution in [-0.2, 0) is 10.0 Å². The zero-order chi connectivity index (χ0) is 13.9. The van der Waals surface area contributed by atoms with Crippen molar-refractivity contribution in [3.8, 4) is 0 Å². The third kappa shape index (κ3) is 2.94. The van der Waals surface area contributed by atoms with Gasteiger partial charge in [0.25, 0.3) is 0 Å². The summed E-state index contributed by atoms with van der Waals surface area (Å²) in [6.07, 6.45) is 2.27. The van der Waals surface area contributed by atoms with Gasteiger partial charge in [0, 0.05) is 17.6 Å². The number of anilines is 1. The molecule has 0 saturated heterocycles. The van der Waals surface area contributed by atoms with Crippen molar-refractivity contribution in [1.82, 2.24) is 4.72 Å². The summed E-state index contributed by atoms with van der Waals surface area (Å²) in [5.74, 6) is 0. The largest absolute Gasteiger partial charge is 0.399 e. The van der Waals surface area contributed by atoms with Crippen LogP contribution in [0.1, 0.15) is 6.42 Å². The Morgan fingerprint density at radius 3 is 2.79 bits per heavy atom. The molecule has 0 amide bonds. The van der Waals surface area contributed by atoms with Crippen LogP contribution in [0.25, 0.3) is 10.8 Å². The Morgan fingerprint density at radius 1 is 1.26 bits per heavy atom. The first-order valence-electron chi connectivity index (χ1n) is 5.93. The number of fused-ring (bicyclic) bond motifs is 1. The molecule has 0 unspecified atom stereocenters. The lowest BCUT2D eigenvalue weighted by molar-refractivity contribution is 0.583. The van der Waals surface area contributed by atoms with Crippen LogP contribution < -0.4 is 10.5 Å². The van der Waals surface area contributed by atoms with Gasteiger partial charge in [0.1, 0.15) is 0 Å². The number of benzene rings is 2. The van der Waals surface area contributed by atoms with E-state index in [4.69, 9.17) is 5.73 Å². The van der Waals surface area contributed by atoms with E-state index in [0.29, 0.717) is 24.0 Å². The molecule has 0 fully saturated rings. The molecule has 2 aromatic rings. The van der Waals surface area contributed by atoms with E-state index < -0.39 is 10.0 Å². The molecule has 5 heteroatoms. The van der Waals surface area contributed by atoms with Crippen LogP contribution in [0, 0.1) is 0 Å². The number of nitrogen functional groups attached to an aromatic ring is 1. The molecule has 0 bridgehead atoms. The quantitative estimate of drug-likeness (QED) is 0.500. The van der Waals surface area contributed by atoms with Crippen LogP contribution in [0.2, 0.25) is 0 Å². The first-order chi connectivity index (χ1) is 9.04. The van der Waals surface area contributed by atoms with Gasteiger partial charge >= 0.3 is 0 Å². The van der Waals surface area contributed by atoms with Crippen molar-refractivity contribution in [1.29, 1.82) is 0 Å². The lowest BCUT2D eigenvalue weighted by atomic mass is 10.1. The van der Waals surface area contributed by atoms with Gasteiger partial charge in [-0.1, -0.05) is 24.3 Å². The lowest BCUT2D eigenvalue weighted by Crippen LogP contribution is -2.24. The average molecular weight is 276 g/mol. The number of rotatable bonds is 5. The SMILES string of the molecule is C=CCCNS(=O)(=O)c1cccc2cc(N)ccc12. The van der Waals surface area contributed by atoms with E-state index in [1.54, 1.807) is 36.4 Å². The second-order valence-electron chi connectivity index (χ2n) is 4.21. The van der Waals surface area contributed by atoms with Crippen molar-refractivity contribution < 1.29 is 8.42 Å². The van der Waals surface area contributed by atoms with E-state index >= 15 is 0 Å². The van der Waals surface area contributed by atoms with E-state index in [-0.39, 0.29) is 4.90 Å². The summed E-state index contributed by atoms with van der Waals surface area (Å²) in [6, 6.07) is 10.3. The number of nitrogens with two attached hydrogens (primary N) is 1. The molecule has 0 heterocycles. The van der Waals surface area contributed by atoms with Crippen molar-refractivity contribution in [3.05, 3.63) is 49.1 Å². The van der Waals surface area contributed by atoms with E-state index in [1.165, 1.54) is 0 Å². The highest BCUT2D eigenvalue weighted by atomic mass is 32.2. The predicted molar refractivity (Wildman–Crippen MR) is 78.4 cm³/mol. The fraction of sp³-hybridized carbons (Fsp3) is 0.143. The van der Waals surface area contributed by atoms with Crippen molar-refractivity contribution in [3.63, 3.8) is 0 Å². The molecule has 4 nitrogen and oxygen atoms in total. The van der Waals surface area contributed by atoms with Gasteiger partial charge in [0.2, 0.25) is 10.0 Å². The van der Waals surface area contributed by atoms with Gasteiger partial charge in [0.05, 0.1) is 4.90 Å². The predicted octanol–water partition coefficient (Wildman–Crippen LogP) is 2.28. The second kappa shape index (κ2) is 5.42. The molecule has 0 aliphatic rings. The Hall–Kier alpha value is -1.85. The molecule has 0 atom stereocenters. The van der Waals surface area contributed by atoms with Crippen molar-refractivity contribution >= 4 is 26.5 Å². The summed E-state index contributed by atoms with van der Waals surface area (Å²) < 4.78 is 27.0. The average Bonchev–Trinajstić information content (AvgIpc) is 2.37. The second-order valence-corrected chi connectivity index (χ2v) is 5.95. The molecule has 0 aromatic heterocycles. The van der Waals surface area contributed by atoms with Crippen LogP contribution in [0.3, 0.4) is 0 Å². The molecule has 3 N–H and O–H groups in total. The maximum Gasteiger partial charge on any atom is 0.241 e. The summed E-state index contributed by atoms with van der Waals surface area (Å²) in [4.78, 5) is 0.272. The molecular formula is C14H16N2O2S. The van der Waals surface area contributed by atoms with Gasteiger partial charge < -0.3 is 5.73 Å². The highest BCUT2D eigenvalue weighted by Crippen LogP contribution is 2.24. The van der Waals surface area contributed by atoms with Gasteiger partial charge in [-0.05, 0) is 30.0 Å². The number of nitrogens with one attached hydrogen (secondary N) is 1. The molecule has 19 heavy (non-hydrogen) atoms. The van der Waals surface area contributed by atoms with Gasteiger partial charge in [-0.15, -0.1) is 6.58 Å². The maximum atomic E-state index is 12.2. The van der Waals surface area contributed by atoms with Gasteiger partial charge in [-0.2, -0.15) is 0 Å². The Labute approximate surface area is 113 Å². The molecule has 0 aliphatic heterocycles. The minimum atomic E-state index is -3.51. The van der Waals surface area contributed by atoms with Crippen LogP contribution in [0.5, 0.6) is 0 Å². The number of sulfonamides is 1. The fourth-order valence-corrected chi connectivity index (χ4v) is 3.16. The van der Waals surface area contributed by atoms with Crippen LogP contribution in [0.4, 0.5) is 5.69 Å². The van der Waals surface area contributed by atoms with Crippen molar-refractivity contribution in [2.75, 3.05) is 12.3 Å². The first kappa shape index (κ1) is 13.6. The van der Waals surface area contributed by atoms with Gasteiger partial charge in [-0.25, -0.2) is 13.1 Å². The monoisotopic (exact) mass is 276 g/mol. The molecule has 0 aliphatic carbocycles. The first-order valence-corrected chi connectivity index (χ1v) is 7.42. The Morgan fingerprint density at radius 2 is 2.05 bits per heavy atom. The summed E-state index contributed by atoms with van der Waals surface area (Å²) in [7, 11) is -3.51. The van der Waals surface area contributed by atoms with E-state index in [0.717, 1.165) is 5.39 Å².